The molecule has 2 unspecified atom stereocenters. The Morgan fingerprint density at radius 1 is 0.821 bits per heavy atom. The minimum atomic E-state index is -1.71. The van der Waals surface area contributed by atoms with Crippen LogP contribution in [0.5, 0.6) is 5.75 Å². The minimum Gasteiger partial charge on any atom is -0.496 e. The highest BCUT2D eigenvalue weighted by Gasteiger charge is 2.47. The van der Waals surface area contributed by atoms with Gasteiger partial charge in [-0.2, -0.15) is 0 Å². The van der Waals surface area contributed by atoms with Crippen molar-refractivity contribution in [3.8, 4) is 5.75 Å². The number of hydrogen-bond donors (Lipinski definition) is 3. The van der Waals surface area contributed by atoms with Gasteiger partial charge < -0.3 is 20.1 Å². The zero-order valence-corrected chi connectivity index (χ0v) is 15.9. The summed E-state index contributed by atoms with van der Waals surface area (Å²) in [6, 6.07) is 26.4. The van der Waals surface area contributed by atoms with Gasteiger partial charge in [0.1, 0.15) is 11.4 Å². The highest BCUT2D eigenvalue weighted by molar-refractivity contribution is 5.46. The molecule has 3 rings (SSSR count). The summed E-state index contributed by atoms with van der Waals surface area (Å²) in [4.78, 5) is 0. The molecule has 0 radical (unpaired) electrons. The second-order valence-electron chi connectivity index (χ2n) is 6.81. The normalized spacial score (nSPS) is 14.5. The first-order valence-electron chi connectivity index (χ1n) is 9.37. The summed E-state index contributed by atoms with van der Waals surface area (Å²) >= 11 is 0. The third-order valence-corrected chi connectivity index (χ3v) is 5.15. The topological polar surface area (TPSA) is 69.9 Å². The average Bonchev–Trinajstić information content (AvgIpc) is 2.75. The average molecular weight is 378 g/mol. The monoisotopic (exact) mass is 378 g/mol. The van der Waals surface area contributed by atoms with Crippen LogP contribution in [-0.4, -0.2) is 35.1 Å². The quantitative estimate of drug-likeness (QED) is 0.561. The van der Waals surface area contributed by atoms with Gasteiger partial charge in [0.25, 0.3) is 0 Å². The van der Waals surface area contributed by atoms with E-state index in [2.05, 4.69) is 0 Å². The highest BCUT2D eigenvalue weighted by atomic mass is 16.5. The molecule has 0 bridgehead atoms. The summed E-state index contributed by atoms with van der Waals surface area (Å²) in [7, 11) is 1.54. The molecule has 0 aliphatic heterocycles. The molecule has 28 heavy (non-hydrogen) atoms. The lowest BCUT2D eigenvalue weighted by Crippen LogP contribution is -2.46. The molecule has 0 heterocycles. The third-order valence-electron chi connectivity index (χ3n) is 5.15. The fourth-order valence-corrected chi connectivity index (χ4v) is 3.84. The van der Waals surface area contributed by atoms with E-state index in [0.717, 1.165) is 11.1 Å². The van der Waals surface area contributed by atoms with Crippen LogP contribution in [0.15, 0.2) is 84.9 Å². The number of hydrogen-bond acceptors (Lipinski definition) is 4. The fraction of sp³-hybridized carbons (Fsp3) is 0.250. The van der Waals surface area contributed by atoms with Crippen molar-refractivity contribution in [3.05, 3.63) is 102 Å². The van der Waals surface area contributed by atoms with Gasteiger partial charge in [-0.1, -0.05) is 78.9 Å². The van der Waals surface area contributed by atoms with Crippen molar-refractivity contribution in [1.29, 1.82) is 0 Å². The molecule has 0 aliphatic carbocycles. The standard InChI is InChI=1S/C24H26O4/c1-28-21-15-9-8-14-20(21)24(27,22(26)16-17-25)23(18-10-4-2-5-11-18)19-12-6-3-7-13-19/h2-15,22-23,25-27H,16-17H2,1H3. The molecule has 0 fully saturated rings. The van der Waals surface area contributed by atoms with E-state index in [4.69, 9.17) is 4.74 Å². The van der Waals surface area contributed by atoms with Crippen molar-refractivity contribution >= 4 is 0 Å². The van der Waals surface area contributed by atoms with Gasteiger partial charge in [-0.15, -0.1) is 0 Å². The molecule has 3 aromatic carbocycles. The number of para-hydroxylation sites is 1. The van der Waals surface area contributed by atoms with E-state index in [1.807, 2.05) is 72.8 Å². The van der Waals surface area contributed by atoms with Gasteiger partial charge in [-0.25, -0.2) is 0 Å². The van der Waals surface area contributed by atoms with Gasteiger partial charge in [0.2, 0.25) is 0 Å². The maximum absolute atomic E-state index is 12.1. The van der Waals surface area contributed by atoms with Crippen LogP contribution in [0.4, 0.5) is 0 Å². The van der Waals surface area contributed by atoms with Gasteiger partial charge in [0.05, 0.1) is 13.2 Å². The first-order chi connectivity index (χ1) is 13.6. The molecule has 146 valence electrons. The Labute approximate surface area is 165 Å². The number of methoxy groups -OCH3 is 1. The lowest BCUT2D eigenvalue weighted by molar-refractivity contribution is -0.100. The van der Waals surface area contributed by atoms with E-state index in [1.165, 1.54) is 7.11 Å². The Kier molecular flexibility index (Phi) is 6.47. The SMILES string of the molecule is COc1ccccc1C(O)(C(O)CCO)C(c1ccccc1)c1ccccc1. The van der Waals surface area contributed by atoms with Gasteiger partial charge in [0.15, 0.2) is 0 Å². The minimum absolute atomic E-state index is 0.0325. The van der Waals surface area contributed by atoms with Crippen LogP contribution in [0.3, 0.4) is 0 Å². The number of benzene rings is 3. The van der Waals surface area contributed by atoms with Gasteiger partial charge >= 0.3 is 0 Å². The number of aliphatic hydroxyl groups is 3. The molecule has 2 atom stereocenters. The van der Waals surface area contributed by atoms with Crippen LogP contribution >= 0.6 is 0 Å². The molecule has 0 aliphatic rings. The molecular weight excluding hydrogens is 352 g/mol. The van der Waals surface area contributed by atoms with E-state index in [9.17, 15) is 15.3 Å². The summed E-state index contributed by atoms with van der Waals surface area (Å²) in [5, 5.41) is 32.7. The molecule has 3 aromatic rings. The molecular formula is C24H26O4. The highest BCUT2D eigenvalue weighted by Crippen LogP contribution is 2.47. The molecule has 0 aromatic heterocycles. The Hall–Kier alpha value is -2.66. The zero-order chi connectivity index (χ0) is 20.0. The predicted octanol–water partition coefficient (Wildman–Crippen LogP) is 3.46. The molecule has 4 heteroatoms. The Morgan fingerprint density at radius 2 is 1.32 bits per heavy atom. The van der Waals surface area contributed by atoms with Gasteiger partial charge in [-0.05, 0) is 23.6 Å². The van der Waals surface area contributed by atoms with Crippen molar-refractivity contribution in [1.82, 2.24) is 0 Å². The number of ether oxygens (including phenoxy) is 1. The van der Waals surface area contributed by atoms with Gasteiger partial charge in [0, 0.05) is 18.1 Å². The van der Waals surface area contributed by atoms with E-state index >= 15 is 0 Å². The fourth-order valence-electron chi connectivity index (χ4n) is 3.84. The smallest absolute Gasteiger partial charge is 0.130 e. The largest absolute Gasteiger partial charge is 0.496 e. The number of rotatable bonds is 8. The molecule has 4 nitrogen and oxygen atoms in total. The van der Waals surface area contributed by atoms with Crippen molar-refractivity contribution in [2.45, 2.75) is 24.0 Å². The summed E-state index contributed by atoms with van der Waals surface area (Å²) in [5.74, 6) is -0.0772. The van der Waals surface area contributed by atoms with Crippen LogP contribution < -0.4 is 4.74 Å². The van der Waals surface area contributed by atoms with E-state index < -0.39 is 17.6 Å². The lowest BCUT2D eigenvalue weighted by atomic mass is 9.69. The summed E-state index contributed by atoms with van der Waals surface area (Å²) in [6.07, 6.45) is -1.18. The van der Waals surface area contributed by atoms with Crippen molar-refractivity contribution in [2.24, 2.45) is 0 Å². The van der Waals surface area contributed by atoms with Crippen molar-refractivity contribution in [2.75, 3.05) is 13.7 Å². The summed E-state index contributed by atoms with van der Waals surface area (Å²) in [6.45, 7) is -0.241. The van der Waals surface area contributed by atoms with Crippen LogP contribution in [0.2, 0.25) is 0 Å². The summed E-state index contributed by atoms with van der Waals surface area (Å²) < 4.78 is 5.51. The third kappa shape index (κ3) is 3.80. The summed E-state index contributed by atoms with van der Waals surface area (Å²) in [5.41, 5.74) is 0.493. The molecule has 0 amide bonds. The van der Waals surface area contributed by atoms with Crippen LogP contribution in [-0.2, 0) is 5.60 Å². The molecule has 0 saturated carbocycles. The molecule has 0 spiro atoms. The Balaban J connectivity index is 2.29. The second kappa shape index (κ2) is 9.02. The lowest BCUT2D eigenvalue weighted by Gasteiger charge is -2.41. The van der Waals surface area contributed by atoms with Gasteiger partial charge in [-0.3, -0.25) is 0 Å². The maximum atomic E-state index is 12.1. The maximum Gasteiger partial charge on any atom is 0.130 e. The van der Waals surface area contributed by atoms with Crippen LogP contribution in [0, 0.1) is 0 Å². The molecule has 0 saturated heterocycles. The molecule has 3 N–H and O–H groups in total. The second-order valence-corrected chi connectivity index (χ2v) is 6.81. The van der Waals surface area contributed by atoms with Crippen LogP contribution in [0.1, 0.15) is 29.0 Å². The first kappa shape index (κ1) is 20.1. The first-order valence-corrected chi connectivity index (χ1v) is 9.37. The predicted molar refractivity (Wildman–Crippen MR) is 109 cm³/mol. The van der Waals surface area contributed by atoms with E-state index in [-0.39, 0.29) is 13.0 Å². The van der Waals surface area contributed by atoms with E-state index in [1.54, 1.807) is 12.1 Å². The van der Waals surface area contributed by atoms with Crippen molar-refractivity contribution < 1.29 is 20.1 Å². The number of aliphatic hydroxyl groups excluding tert-OH is 2. The Morgan fingerprint density at radius 3 is 1.82 bits per heavy atom. The Bertz CT molecular complexity index is 827. The zero-order valence-electron chi connectivity index (χ0n) is 15.9. The van der Waals surface area contributed by atoms with Crippen molar-refractivity contribution in [3.63, 3.8) is 0 Å². The van der Waals surface area contributed by atoms with E-state index in [0.29, 0.717) is 11.3 Å². The van der Waals surface area contributed by atoms with Crippen LogP contribution in [0.25, 0.3) is 0 Å².